The maximum absolute atomic E-state index is 10.7. The number of carbonyl (C=O) groups excluding carboxylic acids is 1. The normalized spacial score (nSPS) is 10.2. The molecule has 0 N–H and O–H groups in total. The monoisotopic (exact) mass is 200 g/mol. The number of hydrogen-bond donors (Lipinski definition) is 0. The molecule has 0 saturated carbocycles. The Hall–Kier alpha value is -1.90. The Morgan fingerprint density at radius 1 is 1.47 bits per heavy atom. The summed E-state index contributed by atoms with van der Waals surface area (Å²) in [6.07, 6.45) is 6.39. The molecule has 0 radical (unpaired) electrons. The van der Waals surface area contributed by atoms with Crippen LogP contribution in [0.4, 0.5) is 0 Å². The zero-order valence-electron chi connectivity index (χ0n) is 8.55. The highest BCUT2D eigenvalue weighted by Gasteiger charge is 2.03. The highest BCUT2D eigenvalue weighted by atomic mass is 16.1. The number of pyridine rings is 1. The molecule has 3 heteroatoms. The molecule has 0 aliphatic carbocycles. The molecule has 15 heavy (non-hydrogen) atoms. The number of aldehydes is 1. The second-order valence-electron chi connectivity index (χ2n) is 3.46. The van der Waals surface area contributed by atoms with Gasteiger partial charge in [0.2, 0.25) is 0 Å². The number of nitrogens with zero attached hydrogens (tertiary/aromatic N) is 2. The topological polar surface area (TPSA) is 34.9 Å². The second kappa shape index (κ2) is 4.09. The summed E-state index contributed by atoms with van der Waals surface area (Å²) in [5.41, 5.74) is 2.88. The molecule has 0 unspecified atom stereocenters. The van der Waals surface area contributed by atoms with E-state index >= 15 is 0 Å². The summed E-state index contributed by atoms with van der Waals surface area (Å²) in [7, 11) is 0. The summed E-state index contributed by atoms with van der Waals surface area (Å²) in [6, 6.07) is 5.76. The maximum Gasteiger partial charge on any atom is 0.151 e. The Kier molecular flexibility index (Phi) is 2.63. The van der Waals surface area contributed by atoms with E-state index in [1.807, 2.05) is 42.1 Å². The zero-order chi connectivity index (χ0) is 10.7. The number of carbonyl (C=O) groups is 1. The molecule has 0 aliphatic heterocycles. The maximum atomic E-state index is 10.7. The molecule has 0 spiro atoms. The molecule has 76 valence electrons. The van der Waals surface area contributed by atoms with Gasteiger partial charge in [-0.15, -0.1) is 0 Å². The van der Waals surface area contributed by atoms with Crippen LogP contribution in [0.1, 0.15) is 21.6 Å². The molecule has 2 aromatic heterocycles. The lowest BCUT2D eigenvalue weighted by Gasteiger charge is -2.05. The molecule has 2 aromatic rings. The average molecular weight is 200 g/mol. The van der Waals surface area contributed by atoms with Crippen molar-refractivity contribution < 1.29 is 4.79 Å². The molecular weight excluding hydrogens is 188 g/mol. The van der Waals surface area contributed by atoms with Crippen LogP contribution >= 0.6 is 0 Å². The molecule has 2 heterocycles. The van der Waals surface area contributed by atoms with E-state index in [-0.39, 0.29) is 0 Å². The van der Waals surface area contributed by atoms with Gasteiger partial charge in [-0.05, 0) is 24.6 Å². The SMILES string of the molecule is Cc1c(C=O)ccn1Cc1cccnc1. The summed E-state index contributed by atoms with van der Waals surface area (Å²) in [5.74, 6) is 0. The predicted molar refractivity (Wildman–Crippen MR) is 57.9 cm³/mol. The average Bonchev–Trinajstić information content (AvgIpc) is 2.62. The fourth-order valence-corrected chi connectivity index (χ4v) is 1.55. The van der Waals surface area contributed by atoms with Crippen molar-refractivity contribution in [2.24, 2.45) is 0 Å². The van der Waals surface area contributed by atoms with Crippen LogP contribution in [0.25, 0.3) is 0 Å². The van der Waals surface area contributed by atoms with E-state index < -0.39 is 0 Å². The lowest BCUT2D eigenvalue weighted by atomic mass is 10.2. The van der Waals surface area contributed by atoms with Crippen molar-refractivity contribution >= 4 is 6.29 Å². The summed E-state index contributed by atoms with van der Waals surface area (Å²) in [4.78, 5) is 14.7. The van der Waals surface area contributed by atoms with Crippen LogP contribution in [0, 0.1) is 6.92 Å². The van der Waals surface area contributed by atoms with Gasteiger partial charge in [0.25, 0.3) is 0 Å². The third-order valence-corrected chi connectivity index (χ3v) is 2.49. The van der Waals surface area contributed by atoms with Crippen molar-refractivity contribution in [3.8, 4) is 0 Å². The highest BCUT2D eigenvalue weighted by Crippen LogP contribution is 2.10. The molecule has 0 amide bonds. The second-order valence-corrected chi connectivity index (χ2v) is 3.46. The molecule has 0 saturated heterocycles. The van der Waals surface area contributed by atoms with E-state index in [4.69, 9.17) is 0 Å². The van der Waals surface area contributed by atoms with Crippen LogP contribution in [0.2, 0.25) is 0 Å². The third-order valence-electron chi connectivity index (χ3n) is 2.49. The summed E-state index contributed by atoms with van der Waals surface area (Å²) < 4.78 is 2.04. The smallest absolute Gasteiger partial charge is 0.151 e. The summed E-state index contributed by atoms with van der Waals surface area (Å²) >= 11 is 0. The van der Waals surface area contributed by atoms with Gasteiger partial charge in [-0.1, -0.05) is 6.07 Å². The third kappa shape index (κ3) is 1.96. The van der Waals surface area contributed by atoms with E-state index in [1.54, 1.807) is 6.20 Å². The minimum Gasteiger partial charge on any atom is -0.347 e. The molecule has 0 aliphatic rings. The molecule has 0 bridgehead atoms. The van der Waals surface area contributed by atoms with E-state index in [9.17, 15) is 4.79 Å². The van der Waals surface area contributed by atoms with Gasteiger partial charge in [0, 0.05) is 36.4 Å². The van der Waals surface area contributed by atoms with Crippen LogP contribution in [0.3, 0.4) is 0 Å². The van der Waals surface area contributed by atoms with Gasteiger partial charge in [0.1, 0.15) is 0 Å². The Labute approximate surface area is 88.4 Å². The van der Waals surface area contributed by atoms with Crippen LogP contribution in [-0.4, -0.2) is 15.8 Å². The van der Waals surface area contributed by atoms with Gasteiger partial charge < -0.3 is 4.57 Å². The zero-order valence-corrected chi connectivity index (χ0v) is 8.55. The minimum absolute atomic E-state index is 0.749. The predicted octanol–water partition coefficient (Wildman–Crippen LogP) is 2.05. The fourth-order valence-electron chi connectivity index (χ4n) is 1.55. The highest BCUT2D eigenvalue weighted by molar-refractivity contribution is 5.76. The largest absolute Gasteiger partial charge is 0.347 e. The van der Waals surface area contributed by atoms with Crippen molar-refractivity contribution in [3.05, 3.63) is 53.6 Å². The minimum atomic E-state index is 0.749. The molecule has 3 nitrogen and oxygen atoms in total. The van der Waals surface area contributed by atoms with E-state index in [1.165, 1.54) is 0 Å². The first-order valence-corrected chi connectivity index (χ1v) is 4.81. The van der Waals surface area contributed by atoms with Gasteiger partial charge in [-0.25, -0.2) is 0 Å². The molecule has 0 fully saturated rings. The standard InChI is InChI=1S/C12H12N2O/c1-10-12(9-15)4-6-14(10)8-11-3-2-5-13-7-11/h2-7,9H,8H2,1H3. The van der Waals surface area contributed by atoms with Crippen molar-refractivity contribution in [2.45, 2.75) is 13.5 Å². The van der Waals surface area contributed by atoms with E-state index in [0.29, 0.717) is 0 Å². The number of hydrogen-bond acceptors (Lipinski definition) is 2. The number of aromatic nitrogens is 2. The first-order chi connectivity index (χ1) is 7.31. The van der Waals surface area contributed by atoms with Crippen molar-refractivity contribution in [1.82, 2.24) is 9.55 Å². The van der Waals surface area contributed by atoms with Crippen LogP contribution < -0.4 is 0 Å². The molecule has 2 rings (SSSR count). The quantitative estimate of drug-likeness (QED) is 0.711. The van der Waals surface area contributed by atoms with Crippen LogP contribution in [0.15, 0.2) is 36.8 Å². The van der Waals surface area contributed by atoms with Crippen molar-refractivity contribution in [1.29, 1.82) is 0 Å². The Balaban J connectivity index is 2.25. The van der Waals surface area contributed by atoms with Gasteiger partial charge in [-0.2, -0.15) is 0 Å². The first-order valence-electron chi connectivity index (χ1n) is 4.81. The fraction of sp³-hybridized carbons (Fsp3) is 0.167. The molecule has 0 aromatic carbocycles. The van der Waals surface area contributed by atoms with Crippen molar-refractivity contribution in [2.75, 3.05) is 0 Å². The van der Waals surface area contributed by atoms with Gasteiger partial charge in [0.15, 0.2) is 6.29 Å². The Bertz CT molecular complexity index is 460. The Morgan fingerprint density at radius 2 is 2.33 bits per heavy atom. The molecular formula is C12H12N2O. The van der Waals surface area contributed by atoms with Crippen molar-refractivity contribution in [3.63, 3.8) is 0 Å². The van der Waals surface area contributed by atoms with E-state index in [0.717, 1.165) is 29.7 Å². The van der Waals surface area contributed by atoms with Gasteiger partial charge >= 0.3 is 0 Å². The molecule has 0 atom stereocenters. The van der Waals surface area contributed by atoms with Gasteiger partial charge in [-0.3, -0.25) is 9.78 Å². The summed E-state index contributed by atoms with van der Waals surface area (Å²) in [6.45, 7) is 2.70. The van der Waals surface area contributed by atoms with Crippen LogP contribution in [-0.2, 0) is 6.54 Å². The van der Waals surface area contributed by atoms with Gasteiger partial charge in [0.05, 0.1) is 0 Å². The number of rotatable bonds is 3. The lowest BCUT2D eigenvalue weighted by molar-refractivity contribution is 0.112. The van der Waals surface area contributed by atoms with E-state index in [2.05, 4.69) is 4.98 Å². The first kappa shape index (κ1) is 9.65. The lowest BCUT2D eigenvalue weighted by Crippen LogP contribution is -2.01. The van der Waals surface area contributed by atoms with Crippen LogP contribution in [0.5, 0.6) is 0 Å². The summed E-state index contributed by atoms with van der Waals surface area (Å²) in [5, 5.41) is 0. The Morgan fingerprint density at radius 3 is 2.93 bits per heavy atom.